The standard InChI is InChI=1S/C18H28O2/c1-3-4-5-6-7-9-12-16(2)15-20-18(19)17-13-10-8-11-14-17/h8,10-11,13-14,16H,3-7,9,12,15H2,1-2H3. The third-order valence-electron chi connectivity index (χ3n) is 3.56. The summed E-state index contributed by atoms with van der Waals surface area (Å²) in [4.78, 5) is 11.8. The van der Waals surface area contributed by atoms with Crippen LogP contribution >= 0.6 is 0 Å². The first kappa shape index (κ1) is 16.7. The number of carbonyl (C=O) groups is 1. The summed E-state index contributed by atoms with van der Waals surface area (Å²) in [6, 6.07) is 9.20. The van der Waals surface area contributed by atoms with Crippen molar-refractivity contribution in [1.29, 1.82) is 0 Å². The molecule has 0 fully saturated rings. The van der Waals surface area contributed by atoms with Gasteiger partial charge in [-0.1, -0.05) is 70.6 Å². The van der Waals surface area contributed by atoms with Gasteiger partial charge in [-0.2, -0.15) is 0 Å². The molecule has 1 aromatic rings. The molecular weight excluding hydrogens is 248 g/mol. The average Bonchev–Trinajstić information content (AvgIpc) is 2.49. The highest BCUT2D eigenvalue weighted by atomic mass is 16.5. The van der Waals surface area contributed by atoms with Crippen LogP contribution in [0, 0.1) is 5.92 Å². The van der Waals surface area contributed by atoms with Gasteiger partial charge >= 0.3 is 5.97 Å². The summed E-state index contributed by atoms with van der Waals surface area (Å²) in [6.07, 6.45) is 9.03. The molecule has 0 aliphatic heterocycles. The largest absolute Gasteiger partial charge is 0.462 e. The first-order valence-electron chi connectivity index (χ1n) is 7.96. The van der Waals surface area contributed by atoms with E-state index in [1.165, 1.54) is 38.5 Å². The number of carbonyl (C=O) groups excluding carboxylic acids is 1. The van der Waals surface area contributed by atoms with E-state index in [0.717, 1.165) is 6.42 Å². The van der Waals surface area contributed by atoms with E-state index in [4.69, 9.17) is 4.74 Å². The van der Waals surface area contributed by atoms with Gasteiger partial charge in [-0.05, 0) is 24.5 Å². The predicted octanol–water partition coefficient (Wildman–Crippen LogP) is 5.23. The molecule has 0 radical (unpaired) electrons. The molecule has 0 saturated carbocycles. The van der Waals surface area contributed by atoms with Gasteiger partial charge in [0.1, 0.15) is 0 Å². The van der Waals surface area contributed by atoms with Crippen LogP contribution in [0.15, 0.2) is 30.3 Å². The third kappa shape index (κ3) is 7.32. The van der Waals surface area contributed by atoms with Crippen molar-refractivity contribution in [3.63, 3.8) is 0 Å². The van der Waals surface area contributed by atoms with Crippen molar-refractivity contribution in [1.82, 2.24) is 0 Å². The fourth-order valence-electron chi connectivity index (χ4n) is 2.23. The fourth-order valence-corrected chi connectivity index (χ4v) is 2.23. The molecule has 2 heteroatoms. The monoisotopic (exact) mass is 276 g/mol. The molecule has 1 atom stereocenters. The first-order chi connectivity index (χ1) is 9.74. The lowest BCUT2D eigenvalue weighted by molar-refractivity contribution is 0.0442. The second kappa shape index (κ2) is 10.5. The van der Waals surface area contributed by atoms with Crippen LogP contribution in [0.3, 0.4) is 0 Å². The molecule has 0 aromatic heterocycles. The molecule has 0 aliphatic carbocycles. The highest BCUT2D eigenvalue weighted by Crippen LogP contribution is 2.13. The van der Waals surface area contributed by atoms with Crippen LogP contribution in [-0.2, 0) is 4.74 Å². The van der Waals surface area contributed by atoms with Crippen molar-refractivity contribution in [2.75, 3.05) is 6.61 Å². The summed E-state index contributed by atoms with van der Waals surface area (Å²) >= 11 is 0. The van der Waals surface area contributed by atoms with E-state index in [0.29, 0.717) is 18.1 Å². The summed E-state index contributed by atoms with van der Waals surface area (Å²) in [5.41, 5.74) is 0.638. The lowest BCUT2D eigenvalue weighted by Gasteiger charge is -2.12. The van der Waals surface area contributed by atoms with Crippen molar-refractivity contribution < 1.29 is 9.53 Å². The van der Waals surface area contributed by atoms with E-state index in [1.54, 1.807) is 12.1 Å². The minimum atomic E-state index is -0.208. The summed E-state index contributed by atoms with van der Waals surface area (Å²) in [5, 5.41) is 0. The highest BCUT2D eigenvalue weighted by Gasteiger charge is 2.09. The SMILES string of the molecule is CCCCCCCCC(C)COC(=O)c1ccccc1. The maximum Gasteiger partial charge on any atom is 0.338 e. The van der Waals surface area contributed by atoms with Crippen molar-refractivity contribution >= 4 is 5.97 Å². The number of benzene rings is 1. The Morgan fingerprint density at radius 1 is 1.05 bits per heavy atom. The maximum atomic E-state index is 11.8. The van der Waals surface area contributed by atoms with Gasteiger partial charge in [-0.25, -0.2) is 4.79 Å². The van der Waals surface area contributed by atoms with Crippen LogP contribution < -0.4 is 0 Å². The Bertz CT molecular complexity index is 359. The molecule has 1 aromatic carbocycles. The molecular formula is C18H28O2. The Balaban J connectivity index is 2.08. The molecule has 0 saturated heterocycles. The molecule has 1 unspecified atom stereocenters. The second-order valence-corrected chi connectivity index (χ2v) is 5.63. The molecule has 2 nitrogen and oxygen atoms in total. The van der Waals surface area contributed by atoms with Crippen LogP contribution in [0.4, 0.5) is 0 Å². The van der Waals surface area contributed by atoms with Gasteiger partial charge in [0.2, 0.25) is 0 Å². The van der Waals surface area contributed by atoms with Gasteiger partial charge in [-0.3, -0.25) is 0 Å². The van der Waals surface area contributed by atoms with Gasteiger partial charge in [0.05, 0.1) is 12.2 Å². The van der Waals surface area contributed by atoms with Crippen LogP contribution in [0.2, 0.25) is 0 Å². The maximum absolute atomic E-state index is 11.8. The normalized spacial score (nSPS) is 12.1. The first-order valence-corrected chi connectivity index (χ1v) is 7.96. The zero-order valence-electron chi connectivity index (χ0n) is 12.9. The molecule has 0 bridgehead atoms. The lowest BCUT2D eigenvalue weighted by Crippen LogP contribution is -2.12. The Labute approximate surface area is 123 Å². The van der Waals surface area contributed by atoms with E-state index >= 15 is 0 Å². The number of ether oxygens (including phenoxy) is 1. The number of hydrogen-bond donors (Lipinski definition) is 0. The highest BCUT2D eigenvalue weighted by molar-refractivity contribution is 5.89. The van der Waals surface area contributed by atoms with E-state index in [-0.39, 0.29) is 5.97 Å². The Hall–Kier alpha value is -1.31. The van der Waals surface area contributed by atoms with Crippen molar-refractivity contribution in [2.24, 2.45) is 5.92 Å². The topological polar surface area (TPSA) is 26.3 Å². The van der Waals surface area contributed by atoms with Crippen molar-refractivity contribution in [2.45, 2.75) is 58.8 Å². The average molecular weight is 276 g/mol. The number of rotatable bonds is 10. The van der Waals surface area contributed by atoms with Gasteiger partial charge in [0, 0.05) is 0 Å². The van der Waals surface area contributed by atoms with Crippen LogP contribution in [0.25, 0.3) is 0 Å². The molecule has 0 spiro atoms. The molecule has 0 aliphatic rings. The minimum absolute atomic E-state index is 0.208. The fraction of sp³-hybridized carbons (Fsp3) is 0.611. The Morgan fingerprint density at radius 3 is 2.40 bits per heavy atom. The smallest absolute Gasteiger partial charge is 0.338 e. The summed E-state index contributed by atoms with van der Waals surface area (Å²) in [6.45, 7) is 4.93. The zero-order valence-corrected chi connectivity index (χ0v) is 12.9. The minimum Gasteiger partial charge on any atom is -0.462 e. The third-order valence-corrected chi connectivity index (χ3v) is 3.56. The van der Waals surface area contributed by atoms with E-state index in [1.807, 2.05) is 18.2 Å². The summed E-state index contributed by atoms with van der Waals surface area (Å²) in [5.74, 6) is 0.245. The molecule has 112 valence electrons. The van der Waals surface area contributed by atoms with Gasteiger partial charge in [-0.15, -0.1) is 0 Å². The van der Waals surface area contributed by atoms with E-state index in [9.17, 15) is 4.79 Å². The van der Waals surface area contributed by atoms with Crippen molar-refractivity contribution in [3.05, 3.63) is 35.9 Å². The molecule has 0 amide bonds. The Kier molecular flexibility index (Phi) is 8.77. The quantitative estimate of drug-likeness (QED) is 0.432. The Morgan fingerprint density at radius 2 is 1.70 bits per heavy atom. The van der Waals surface area contributed by atoms with Gasteiger partial charge < -0.3 is 4.74 Å². The second-order valence-electron chi connectivity index (χ2n) is 5.63. The summed E-state index contributed by atoms with van der Waals surface area (Å²) in [7, 11) is 0. The van der Waals surface area contributed by atoms with Crippen molar-refractivity contribution in [3.8, 4) is 0 Å². The lowest BCUT2D eigenvalue weighted by atomic mass is 10.0. The van der Waals surface area contributed by atoms with Gasteiger partial charge in [0.15, 0.2) is 0 Å². The van der Waals surface area contributed by atoms with E-state index in [2.05, 4.69) is 13.8 Å². The van der Waals surface area contributed by atoms with Crippen LogP contribution in [0.1, 0.15) is 69.2 Å². The number of unbranched alkanes of at least 4 members (excludes halogenated alkanes) is 5. The molecule has 0 N–H and O–H groups in total. The number of hydrogen-bond acceptors (Lipinski definition) is 2. The van der Waals surface area contributed by atoms with E-state index < -0.39 is 0 Å². The zero-order chi connectivity index (χ0) is 14.6. The van der Waals surface area contributed by atoms with Crippen LogP contribution in [0.5, 0.6) is 0 Å². The van der Waals surface area contributed by atoms with Gasteiger partial charge in [0.25, 0.3) is 0 Å². The van der Waals surface area contributed by atoms with Crippen LogP contribution in [-0.4, -0.2) is 12.6 Å². The summed E-state index contributed by atoms with van der Waals surface area (Å²) < 4.78 is 5.35. The molecule has 0 heterocycles. The predicted molar refractivity (Wildman–Crippen MR) is 83.9 cm³/mol. The molecule has 1 rings (SSSR count). The molecule has 20 heavy (non-hydrogen) atoms. The number of esters is 1.